The van der Waals surface area contributed by atoms with E-state index in [1.807, 2.05) is 4.90 Å². The van der Waals surface area contributed by atoms with Crippen LogP contribution in [0.3, 0.4) is 0 Å². The molecule has 1 amide bonds. The van der Waals surface area contributed by atoms with Crippen LogP contribution < -0.4 is 11.5 Å². The zero-order chi connectivity index (χ0) is 15.2. The molecule has 1 heterocycles. The fourth-order valence-electron chi connectivity index (χ4n) is 2.24. The molecule has 0 aromatic heterocycles. The molecule has 1 aliphatic heterocycles. The zero-order valence-electron chi connectivity index (χ0n) is 11.6. The maximum Gasteiger partial charge on any atom is 0.237 e. The average Bonchev–Trinajstić information content (AvgIpc) is 2.48. The Morgan fingerprint density at radius 3 is 3.05 bits per heavy atom. The summed E-state index contributed by atoms with van der Waals surface area (Å²) in [5.41, 5.74) is 11.8. The van der Waals surface area contributed by atoms with Gasteiger partial charge in [-0.25, -0.2) is 4.39 Å². The molecule has 1 unspecified atom stereocenters. The molecule has 0 aliphatic carbocycles. The van der Waals surface area contributed by atoms with Crippen molar-refractivity contribution in [3.8, 4) is 11.8 Å². The lowest BCUT2D eigenvalue weighted by atomic mass is 10.1. The Hall–Kier alpha value is -1.94. The van der Waals surface area contributed by atoms with Gasteiger partial charge < -0.3 is 16.2 Å². The monoisotopic (exact) mass is 291 g/mol. The third-order valence-corrected chi connectivity index (χ3v) is 3.31. The Kier molecular flexibility index (Phi) is 5.28. The summed E-state index contributed by atoms with van der Waals surface area (Å²) in [6.07, 6.45) is 0. The van der Waals surface area contributed by atoms with Gasteiger partial charge in [-0.3, -0.25) is 9.69 Å². The molecule has 1 aromatic rings. The Bertz CT molecular complexity index is 580. The van der Waals surface area contributed by atoms with Crippen LogP contribution in [-0.4, -0.2) is 43.2 Å². The van der Waals surface area contributed by atoms with E-state index >= 15 is 0 Å². The van der Waals surface area contributed by atoms with Gasteiger partial charge in [0, 0.05) is 13.1 Å². The van der Waals surface area contributed by atoms with Crippen LogP contribution in [0.2, 0.25) is 0 Å². The van der Waals surface area contributed by atoms with E-state index in [0.717, 1.165) is 5.56 Å². The minimum atomic E-state index is -0.456. The van der Waals surface area contributed by atoms with E-state index in [0.29, 0.717) is 25.3 Å². The average molecular weight is 291 g/mol. The summed E-state index contributed by atoms with van der Waals surface area (Å²) in [6, 6.07) is 4.26. The largest absolute Gasteiger partial charge is 0.378 e. The van der Waals surface area contributed by atoms with Gasteiger partial charge in [0.2, 0.25) is 5.91 Å². The van der Waals surface area contributed by atoms with Crippen molar-refractivity contribution < 1.29 is 13.9 Å². The summed E-state index contributed by atoms with van der Waals surface area (Å²) < 4.78 is 18.9. The molecular formula is C15H18FN3O2. The van der Waals surface area contributed by atoms with Crippen LogP contribution in [0.15, 0.2) is 18.2 Å². The first-order valence-corrected chi connectivity index (χ1v) is 6.70. The summed E-state index contributed by atoms with van der Waals surface area (Å²) in [5.74, 6) is 4.53. The molecule has 0 spiro atoms. The molecule has 0 radical (unpaired) electrons. The minimum Gasteiger partial charge on any atom is -0.378 e. The number of hydrogen-bond donors (Lipinski definition) is 2. The highest BCUT2D eigenvalue weighted by atomic mass is 19.1. The molecule has 1 saturated heterocycles. The molecule has 1 aromatic carbocycles. The highest BCUT2D eigenvalue weighted by molar-refractivity contribution is 5.80. The summed E-state index contributed by atoms with van der Waals surface area (Å²) in [7, 11) is 0. The van der Waals surface area contributed by atoms with Crippen LogP contribution in [-0.2, 0) is 16.1 Å². The van der Waals surface area contributed by atoms with Crippen LogP contribution in [0.25, 0.3) is 0 Å². The number of rotatable bonds is 3. The van der Waals surface area contributed by atoms with E-state index in [9.17, 15) is 9.18 Å². The second-order valence-electron chi connectivity index (χ2n) is 4.78. The molecule has 1 aliphatic rings. The van der Waals surface area contributed by atoms with Gasteiger partial charge in [0.25, 0.3) is 0 Å². The van der Waals surface area contributed by atoms with Crippen molar-refractivity contribution in [1.82, 2.24) is 4.90 Å². The second kappa shape index (κ2) is 7.18. The molecule has 1 fully saturated rings. The van der Waals surface area contributed by atoms with Crippen LogP contribution >= 0.6 is 0 Å². The first-order chi connectivity index (χ1) is 10.1. The van der Waals surface area contributed by atoms with Gasteiger partial charge in [0.1, 0.15) is 11.9 Å². The van der Waals surface area contributed by atoms with Gasteiger partial charge in [-0.1, -0.05) is 17.9 Å². The molecule has 0 saturated carbocycles. The predicted octanol–water partition coefficient (Wildman–Crippen LogP) is -0.178. The van der Waals surface area contributed by atoms with E-state index in [1.54, 1.807) is 12.1 Å². The van der Waals surface area contributed by atoms with Gasteiger partial charge in [-0.05, 0) is 17.7 Å². The second-order valence-corrected chi connectivity index (χ2v) is 4.78. The van der Waals surface area contributed by atoms with Gasteiger partial charge >= 0.3 is 0 Å². The van der Waals surface area contributed by atoms with Crippen LogP contribution in [0, 0.1) is 17.7 Å². The Balaban J connectivity index is 2.16. The van der Waals surface area contributed by atoms with Crippen molar-refractivity contribution in [2.75, 3.05) is 26.3 Å². The van der Waals surface area contributed by atoms with Gasteiger partial charge in [0.05, 0.1) is 25.3 Å². The lowest BCUT2D eigenvalue weighted by molar-refractivity contribution is -0.129. The lowest BCUT2D eigenvalue weighted by Gasteiger charge is -2.33. The number of halogens is 1. The number of carbonyl (C=O) groups is 1. The third-order valence-electron chi connectivity index (χ3n) is 3.31. The zero-order valence-corrected chi connectivity index (χ0v) is 11.6. The maximum absolute atomic E-state index is 13.6. The summed E-state index contributed by atoms with van der Waals surface area (Å²) in [6.45, 7) is 2.11. The Morgan fingerprint density at radius 2 is 2.33 bits per heavy atom. The number of hydrogen-bond acceptors (Lipinski definition) is 4. The van der Waals surface area contributed by atoms with E-state index in [1.165, 1.54) is 6.07 Å². The maximum atomic E-state index is 13.6. The summed E-state index contributed by atoms with van der Waals surface area (Å²) >= 11 is 0. The van der Waals surface area contributed by atoms with Gasteiger partial charge in [-0.15, -0.1) is 0 Å². The van der Waals surface area contributed by atoms with Gasteiger partial charge in [-0.2, -0.15) is 0 Å². The minimum absolute atomic E-state index is 0.177. The Morgan fingerprint density at radius 1 is 1.52 bits per heavy atom. The van der Waals surface area contributed by atoms with Crippen molar-refractivity contribution in [3.05, 3.63) is 35.1 Å². The molecule has 1 atom stereocenters. The number of primary amides is 1. The van der Waals surface area contributed by atoms with Gasteiger partial charge in [0.15, 0.2) is 0 Å². The van der Waals surface area contributed by atoms with Crippen LogP contribution in [0.1, 0.15) is 11.1 Å². The summed E-state index contributed by atoms with van der Waals surface area (Å²) in [4.78, 5) is 13.4. The lowest BCUT2D eigenvalue weighted by Crippen LogP contribution is -2.51. The standard InChI is InChI=1S/C15H18FN3O2/c16-13-4-3-11(8-12(13)2-1-5-17)9-19-6-7-21-10-14(19)15(18)20/h3-4,8,14H,5-7,9-10,17H2,(H2,18,20). The van der Waals surface area contributed by atoms with Crippen molar-refractivity contribution in [3.63, 3.8) is 0 Å². The van der Waals surface area contributed by atoms with Crippen LogP contribution in [0.5, 0.6) is 0 Å². The van der Waals surface area contributed by atoms with E-state index in [-0.39, 0.29) is 19.0 Å². The number of nitrogens with zero attached hydrogens (tertiary/aromatic N) is 1. The summed E-state index contributed by atoms with van der Waals surface area (Å²) in [5, 5.41) is 0. The van der Waals surface area contributed by atoms with E-state index in [2.05, 4.69) is 11.8 Å². The van der Waals surface area contributed by atoms with Crippen molar-refractivity contribution in [1.29, 1.82) is 0 Å². The highest BCUT2D eigenvalue weighted by Crippen LogP contribution is 2.15. The number of morpholine rings is 1. The predicted molar refractivity (Wildman–Crippen MR) is 76.5 cm³/mol. The number of ether oxygens (including phenoxy) is 1. The normalized spacial score (nSPS) is 18.9. The molecular weight excluding hydrogens is 273 g/mol. The molecule has 6 heteroatoms. The van der Waals surface area contributed by atoms with Crippen molar-refractivity contribution >= 4 is 5.91 Å². The smallest absolute Gasteiger partial charge is 0.237 e. The molecule has 112 valence electrons. The molecule has 2 rings (SSSR count). The number of amides is 1. The van der Waals surface area contributed by atoms with Crippen molar-refractivity contribution in [2.45, 2.75) is 12.6 Å². The first kappa shape index (κ1) is 15.4. The number of carbonyl (C=O) groups excluding carboxylic acids is 1. The molecule has 4 N–H and O–H groups in total. The van der Waals surface area contributed by atoms with Crippen molar-refractivity contribution in [2.24, 2.45) is 11.5 Å². The fourth-order valence-corrected chi connectivity index (χ4v) is 2.24. The number of nitrogens with two attached hydrogens (primary N) is 2. The molecule has 0 bridgehead atoms. The first-order valence-electron chi connectivity index (χ1n) is 6.70. The van der Waals surface area contributed by atoms with Crippen LogP contribution in [0.4, 0.5) is 4.39 Å². The molecule has 5 nitrogen and oxygen atoms in total. The Labute approximate surface area is 123 Å². The number of benzene rings is 1. The van der Waals surface area contributed by atoms with E-state index < -0.39 is 11.9 Å². The highest BCUT2D eigenvalue weighted by Gasteiger charge is 2.27. The molecule has 21 heavy (non-hydrogen) atoms. The topological polar surface area (TPSA) is 81.6 Å². The third kappa shape index (κ3) is 4.02. The fraction of sp³-hybridized carbons (Fsp3) is 0.400. The van der Waals surface area contributed by atoms with E-state index in [4.69, 9.17) is 16.2 Å². The SMILES string of the molecule is NCC#Cc1cc(CN2CCOCC2C(N)=O)ccc1F. The quantitative estimate of drug-likeness (QED) is 0.757.